The number of carbonyl (C=O) groups is 1. The van der Waals surface area contributed by atoms with Crippen molar-refractivity contribution < 1.29 is 27.4 Å². The Hall–Kier alpha value is -3.12. The molecular formula is C30H29F3O3. The van der Waals surface area contributed by atoms with Crippen molar-refractivity contribution in [2.75, 3.05) is 6.61 Å². The van der Waals surface area contributed by atoms with E-state index in [1.807, 2.05) is 24.3 Å². The van der Waals surface area contributed by atoms with Crippen molar-refractivity contribution in [1.82, 2.24) is 0 Å². The molecule has 0 N–H and O–H groups in total. The van der Waals surface area contributed by atoms with Crippen LogP contribution in [-0.2, 0) is 16.0 Å². The normalized spacial score (nSPS) is 21.3. The molecule has 0 aromatic heterocycles. The molecule has 1 aliphatic heterocycles. The molecule has 188 valence electrons. The van der Waals surface area contributed by atoms with Crippen LogP contribution in [0.15, 0.2) is 54.6 Å². The Morgan fingerprint density at radius 1 is 0.944 bits per heavy atom. The van der Waals surface area contributed by atoms with Crippen molar-refractivity contribution in [3.8, 4) is 16.9 Å². The van der Waals surface area contributed by atoms with Gasteiger partial charge in [-0.3, -0.25) is 4.79 Å². The van der Waals surface area contributed by atoms with E-state index in [0.29, 0.717) is 43.4 Å². The fourth-order valence-corrected chi connectivity index (χ4v) is 5.12. The Labute approximate surface area is 209 Å². The Kier molecular flexibility index (Phi) is 7.15. The molecule has 1 aliphatic carbocycles. The van der Waals surface area contributed by atoms with E-state index in [-0.39, 0.29) is 23.4 Å². The molecule has 1 unspecified atom stereocenters. The topological polar surface area (TPSA) is 38.8 Å². The smallest absolute Gasteiger partial charge is 0.314 e. The number of carbonyl (C=O) groups excluding carboxylic acids is 1. The average molecular weight is 495 g/mol. The van der Waals surface area contributed by atoms with E-state index in [9.17, 15) is 18.0 Å². The van der Waals surface area contributed by atoms with Gasteiger partial charge < -0.3 is 9.47 Å². The number of aryl methyl sites for hydroxylation is 1. The monoisotopic (exact) mass is 494 g/mol. The van der Waals surface area contributed by atoms with Crippen LogP contribution in [0.4, 0.5) is 13.2 Å². The third-order valence-electron chi connectivity index (χ3n) is 7.29. The molecule has 2 fully saturated rings. The summed E-state index contributed by atoms with van der Waals surface area (Å²) in [5.41, 5.74) is 3.32. The highest BCUT2D eigenvalue weighted by atomic mass is 19.2. The van der Waals surface area contributed by atoms with Gasteiger partial charge in [-0.1, -0.05) is 49.7 Å². The highest BCUT2D eigenvalue weighted by molar-refractivity contribution is 5.76. The summed E-state index contributed by atoms with van der Waals surface area (Å²) < 4.78 is 54.8. The second-order valence-electron chi connectivity index (χ2n) is 9.76. The summed E-state index contributed by atoms with van der Waals surface area (Å²) in [5.74, 6) is -3.86. The van der Waals surface area contributed by atoms with Crippen molar-refractivity contribution in [1.29, 1.82) is 0 Å². The van der Waals surface area contributed by atoms with Crippen molar-refractivity contribution in [3.05, 3.63) is 88.7 Å². The maximum Gasteiger partial charge on any atom is 0.314 e. The molecule has 3 aromatic carbocycles. The van der Waals surface area contributed by atoms with Crippen molar-refractivity contribution in [3.63, 3.8) is 0 Å². The molecule has 0 bridgehead atoms. The highest BCUT2D eigenvalue weighted by Gasteiger charge is 2.32. The molecule has 0 amide bonds. The third kappa shape index (κ3) is 5.19. The van der Waals surface area contributed by atoms with Gasteiger partial charge in [0.25, 0.3) is 0 Å². The average Bonchev–Trinajstić information content (AvgIpc) is 3.74. The molecule has 2 aliphatic rings. The lowest BCUT2D eigenvalue weighted by Gasteiger charge is -2.28. The number of ether oxygens (including phenoxy) is 2. The minimum absolute atomic E-state index is 0.00435. The van der Waals surface area contributed by atoms with Crippen LogP contribution in [0.3, 0.4) is 0 Å². The molecule has 3 nitrogen and oxygen atoms in total. The van der Waals surface area contributed by atoms with E-state index >= 15 is 0 Å². The van der Waals surface area contributed by atoms with Gasteiger partial charge in [-0.25, -0.2) is 8.78 Å². The summed E-state index contributed by atoms with van der Waals surface area (Å²) in [5, 5.41) is 0. The van der Waals surface area contributed by atoms with E-state index < -0.39 is 29.3 Å². The molecule has 1 saturated carbocycles. The van der Waals surface area contributed by atoms with Gasteiger partial charge in [0.1, 0.15) is 11.9 Å². The highest BCUT2D eigenvalue weighted by Crippen LogP contribution is 2.39. The second kappa shape index (κ2) is 10.5. The lowest BCUT2D eigenvalue weighted by Crippen LogP contribution is -2.25. The van der Waals surface area contributed by atoms with Crippen LogP contribution < -0.4 is 4.74 Å². The minimum atomic E-state index is -1.17. The van der Waals surface area contributed by atoms with Gasteiger partial charge >= 0.3 is 5.97 Å². The molecule has 0 radical (unpaired) electrons. The SMILES string of the molecule is CCCc1ccc(-c2ccc(OC(=O)C3CCC(c4ccc(C5CO5)cc4F)CC3)c(F)c2F)cc1. The Morgan fingerprint density at radius 3 is 2.31 bits per heavy atom. The largest absolute Gasteiger partial charge is 0.423 e. The summed E-state index contributed by atoms with van der Waals surface area (Å²) in [4.78, 5) is 12.7. The second-order valence-corrected chi connectivity index (χ2v) is 9.76. The maximum atomic E-state index is 14.8. The number of benzene rings is 3. The quantitative estimate of drug-likeness (QED) is 0.192. The number of esters is 1. The predicted octanol–water partition coefficient (Wildman–Crippen LogP) is 7.67. The fourth-order valence-electron chi connectivity index (χ4n) is 5.12. The lowest BCUT2D eigenvalue weighted by atomic mass is 9.78. The van der Waals surface area contributed by atoms with Crippen molar-refractivity contribution in [2.45, 2.75) is 57.5 Å². The van der Waals surface area contributed by atoms with Gasteiger partial charge in [-0.15, -0.1) is 0 Å². The molecular weight excluding hydrogens is 465 g/mol. The molecule has 0 spiro atoms. The summed E-state index contributed by atoms with van der Waals surface area (Å²) in [6.07, 6.45) is 4.19. The Morgan fingerprint density at radius 2 is 1.67 bits per heavy atom. The zero-order valence-corrected chi connectivity index (χ0v) is 20.2. The number of halogens is 3. The van der Waals surface area contributed by atoms with Gasteiger partial charge in [0.15, 0.2) is 11.6 Å². The zero-order chi connectivity index (χ0) is 25.2. The number of hydrogen-bond acceptors (Lipinski definition) is 3. The van der Waals surface area contributed by atoms with Crippen LogP contribution >= 0.6 is 0 Å². The fraction of sp³-hybridized carbons (Fsp3) is 0.367. The van der Waals surface area contributed by atoms with Crippen LogP contribution in [0.25, 0.3) is 11.1 Å². The standard InChI is InChI=1S/C30H29F3O3/c1-2-3-18-4-6-20(7-5-18)24-14-15-26(29(33)28(24)32)36-30(34)21-10-8-19(9-11-21)23-13-12-22(16-25(23)31)27-17-35-27/h4-7,12-16,19,21,27H,2-3,8-11,17H2,1H3. The predicted molar refractivity (Wildman–Crippen MR) is 131 cm³/mol. The first-order valence-electron chi connectivity index (χ1n) is 12.6. The summed E-state index contributed by atoms with van der Waals surface area (Å²) in [6.45, 7) is 2.71. The van der Waals surface area contributed by atoms with Gasteiger partial charge in [-0.05, 0) is 78.5 Å². The summed E-state index contributed by atoms with van der Waals surface area (Å²) >= 11 is 0. The Balaban J connectivity index is 1.21. The van der Waals surface area contributed by atoms with Crippen molar-refractivity contribution in [2.24, 2.45) is 5.92 Å². The van der Waals surface area contributed by atoms with Crippen LogP contribution in [-0.4, -0.2) is 12.6 Å². The molecule has 5 rings (SSSR count). The van der Waals surface area contributed by atoms with Crippen LogP contribution in [0, 0.1) is 23.4 Å². The van der Waals surface area contributed by atoms with Gasteiger partial charge in [-0.2, -0.15) is 4.39 Å². The van der Waals surface area contributed by atoms with Crippen LogP contribution in [0.2, 0.25) is 0 Å². The first-order chi connectivity index (χ1) is 17.4. The zero-order valence-electron chi connectivity index (χ0n) is 20.2. The number of epoxide rings is 1. The lowest BCUT2D eigenvalue weighted by molar-refractivity contribution is -0.140. The molecule has 1 heterocycles. The minimum Gasteiger partial charge on any atom is -0.423 e. The summed E-state index contributed by atoms with van der Waals surface area (Å²) in [7, 11) is 0. The van der Waals surface area contributed by atoms with Gasteiger partial charge in [0.2, 0.25) is 5.82 Å². The molecule has 36 heavy (non-hydrogen) atoms. The summed E-state index contributed by atoms with van der Waals surface area (Å²) in [6, 6.07) is 15.3. The van der Waals surface area contributed by atoms with Crippen LogP contribution in [0.5, 0.6) is 5.75 Å². The molecule has 1 saturated heterocycles. The Bertz CT molecular complexity index is 1240. The van der Waals surface area contributed by atoms with E-state index in [1.165, 1.54) is 18.2 Å². The molecule has 3 aromatic rings. The van der Waals surface area contributed by atoms with Gasteiger partial charge in [0.05, 0.1) is 12.5 Å². The van der Waals surface area contributed by atoms with Crippen molar-refractivity contribution >= 4 is 5.97 Å². The van der Waals surface area contributed by atoms with E-state index in [2.05, 4.69) is 6.92 Å². The maximum absolute atomic E-state index is 14.8. The molecule has 1 atom stereocenters. The molecule has 6 heteroatoms. The number of hydrogen-bond donors (Lipinski definition) is 0. The first kappa shape index (κ1) is 24.6. The number of rotatable bonds is 7. The van der Waals surface area contributed by atoms with Gasteiger partial charge in [0, 0.05) is 5.56 Å². The van der Waals surface area contributed by atoms with E-state index in [4.69, 9.17) is 9.47 Å². The first-order valence-corrected chi connectivity index (χ1v) is 12.6. The van der Waals surface area contributed by atoms with E-state index in [1.54, 1.807) is 12.1 Å². The van der Waals surface area contributed by atoms with E-state index in [0.717, 1.165) is 24.0 Å². The third-order valence-corrected chi connectivity index (χ3v) is 7.29. The van der Waals surface area contributed by atoms with Crippen LogP contribution in [0.1, 0.15) is 67.7 Å².